The van der Waals surface area contributed by atoms with Crippen molar-refractivity contribution < 1.29 is 87.5 Å². The van der Waals surface area contributed by atoms with Gasteiger partial charge in [-0.15, -0.1) is 0 Å². The number of aliphatic hydroxyl groups excluding tert-OH is 4. The summed E-state index contributed by atoms with van der Waals surface area (Å²) in [5.74, 6) is -7.25. The first kappa shape index (κ1) is 51.5. The molecule has 2 aromatic carbocycles. The van der Waals surface area contributed by atoms with E-state index in [4.69, 9.17) is 33.2 Å². The predicted octanol–water partition coefficient (Wildman–Crippen LogP) is 1.85. The second kappa shape index (κ2) is 19.4. The maximum Gasteiger partial charge on any atom is 0.338 e. The number of Topliss-reactive ketones (excluding diaryl/α,β-unsaturated/α-hetero) is 1. The molecule has 6 N–H and O–H groups in total. The summed E-state index contributed by atoms with van der Waals surface area (Å²) in [4.78, 5) is 85.0. The largest absolute Gasteiger partial charge is 0.456 e. The summed E-state index contributed by atoms with van der Waals surface area (Å²) >= 11 is 0. The molecule has 374 valence electrons. The summed E-state index contributed by atoms with van der Waals surface area (Å²) in [6.07, 6.45) is -16.3. The van der Waals surface area contributed by atoms with Gasteiger partial charge in [0.15, 0.2) is 29.9 Å². The van der Waals surface area contributed by atoms with Crippen LogP contribution >= 0.6 is 0 Å². The minimum absolute atomic E-state index is 0.0145. The van der Waals surface area contributed by atoms with Gasteiger partial charge in [0.05, 0.1) is 42.3 Å². The fourth-order valence-electron chi connectivity index (χ4n) is 11.0. The predicted molar refractivity (Wildman–Crippen MR) is 238 cm³/mol. The van der Waals surface area contributed by atoms with Crippen LogP contribution in [-0.2, 0) is 57.1 Å². The van der Waals surface area contributed by atoms with E-state index in [-0.39, 0.29) is 28.7 Å². The molecular weight excluding hydrogens is 903 g/mol. The van der Waals surface area contributed by atoms with Crippen LogP contribution in [0.15, 0.2) is 83.5 Å². The molecule has 7 rings (SSSR count). The van der Waals surface area contributed by atoms with E-state index in [1.165, 1.54) is 39.8 Å². The standard InChI is InChI=1S/C50H61NO18/c1-9-24(2)43(59)51-35(28-16-12-10-13-17-28)37(56)45(61)66-31-21-50(62)42(68-44(60)29-18-14-11-15-19-29)40-48(8,41(58)39(65-26(4)52)34(25(31)3)47(50,6)7)32(20-33-49(40,23-64-33)69-27(5)53)67-46-38(57)36(55)30(54)22-63-46/h9-19,30-33,35-40,42,46,54-57,62H,20-23H2,1-8H3,(H,51,59)/b24-9+/t30-,31+,32+,33-,35+,36+,37-,38-,39-,40+,42+,46+,48-,49+,50+/m1/s1. The Labute approximate surface area is 398 Å². The second-order valence-electron chi connectivity index (χ2n) is 19.3. The Kier molecular flexibility index (Phi) is 14.5. The number of rotatable bonds is 12. The molecule has 19 heteroatoms. The van der Waals surface area contributed by atoms with Gasteiger partial charge in [-0.05, 0) is 56.5 Å². The van der Waals surface area contributed by atoms with Crippen LogP contribution in [0.1, 0.15) is 90.2 Å². The van der Waals surface area contributed by atoms with Gasteiger partial charge in [-0.25, -0.2) is 9.59 Å². The third-order valence-electron chi connectivity index (χ3n) is 15.0. The number of benzene rings is 2. The van der Waals surface area contributed by atoms with E-state index >= 15 is 4.79 Å². The van der Waals surface area contributed by atoms with E-state index in [1.807, 2.05) is 0 Å². The third kappa shape index (κ3) is 8.92. The second-order valence-corrected chi connectivity index (χ2v) is 19.3. The van der Waals surface area contributed by atoms with Crippen molar-refractivity contribution in [3.05, 3.63) is 94.6 Å². The quantitative estimate of drug-likeness (QED) is 0.0766. The number of nitrogens with one attached hydrogen (secondary N) is 1. The Morgan fingerprint density at radius 1 is 0.870 bits per heavy atom. The number of ether oxygens (including phenoxy) is 7. The molecule has 2 aromatic rings. The Hall–Kier alpha value is -5.38. The number of amides is 1. The fraction of sp³-hybridized carbons (Fsp3) is 0.560. The van der Waals surface area contributed by atoms with Crippen LogP contribution in [0.5, 0.6) is 0 Å². The Morgan fingerprint density at radius 2 is 1.51 bits per heavy atom. The normalized spacial score (nSPS) is 35.8. The molecule has 2 aliphatic heterocycles. The molecule has 2 bridgehead atoms. The first-order chi connectivity index (χ1) is 32.4. The van der Waals surface area contributed by atoms with E-state index in [0.29, 0.717) is 5.56 Å². The lowest BCUT2D eigenvalue weighted by Crippen LogP contribution is -2.82. The van der Waals surface area contributed by atoms with Crippen molar-refractivity contribution >= 4 is 35.6 Å². The first-order valence-electron chi connectivity index (χ1n) is 22.8. The highest BCUT2D eigenvalue weighted by Crippen LogP contribution is 2.65. The van der Waals surface area contributed by atoms with Crippen LogP contribution in [0.4, 0.5) is 0 Å². The molecule has 15 atom stereocenters. The first-order valence-corrected chi connectivity index (χ1v) is 22.8. The fourth-order valence-corrected chi connectivity index (χ4v) is 11.0. The third-order valence-corrected chi connectivity index (χ3v) is 15.0. The SMILES string of the molecule is C/C=C(\C)C(=O)N[C@@H](c1ccccc1)[C@@H](O)C(=O)O[C@H]1C[C@]2(O)[C@@H](OC(=O)c3ccccc3)[C@@H]3[C@]4(OC(C)=O)CO[C@@H]4C[C@H](O[C@@H]4OC[C@@H](O)[C@H](O)[C@H]4O)[C@@]3(C)C(=O)[C@H](OC(C)=O)C(=C1C)C2(C)C. The average molecular weight is 964 g/mol. The van der Waals surface area contributed by atoms with E-state index in [2.05, 4.69) is 5.32 Å². The number of aliphatic hydroxyl groups is 5. The van der Waals surface area contributed by atoms with Crippen LogP contribution < -0.4 is 5.32 Å². The zero-order valence-electron chi connectivity index (χ0n) is 39.7. The summed E-state index contributed by atoms with van der Waals surface area (Å²) in [7, 11) is 0. The number of carbonyl (C=O) groups is 6. The molecule has 1 amide bonds. The van der Waals surface area contributed by atoms with Crippen molar-refractivity contribution in [3.8, 4) is 0 Å². The number of fused-ring (bicyclic) bond motifs is 5. The smallest absolute Gasteiger partial charge is 0.338 e. The Balaban J connectivity index is 1.44. The van der Waals surface area contributed by atoms with Crippen molar-refractivity contribution in [3.63, 3.8) is 0 Å². The lowest BCUT2D eigenvalue weighted by atomic mass is 9.44. The lowest BCUT2D eigenvalue weighted by molar-refractivity contribution is -0.366. The number of allylic oxidation sites excluding steroid dienone is 1. The van der Waals surface area contributed by atoms with Crippen molar-refractivity contribution in [2.75, 3.05) is 13.2 Å². The zero-order chi connectivity index (χ0) is 50.5. The van der Waals surface area contributed by atoms with Gasteiger partial charge in [0.1, 0.15) is 42.2 Å². The van der Waals surface area contributed by atoms with Crippen LogP contribution in [0.3, 0.4) is 0 Å². The van der Waals surface area contributed by atoms with Gasteiger partial charge in [0.25, 0.3) is 0 Å². The molecule has 0 radical (unpaired) electrons. The number of hydrogen-bond acceptors (Lipinski definition) is 18. The molecule has 19 nitrogen and oxygen atoms in total. The number of ketones is 1. The van der Waals surface area contributed by atoms with E-state index in [0.717, 1.165) is 13.8 Å². The summed E-state index contributed by atoms with van der Waals surface area (Å²) in [6.45, 7) is 10.4. The summed E-state index contributed by atoms with van der Waals surface area (Å²) in [5.41, 5.74) is -7.65. The van der Waals surface area contributed by atoms with Crippen LogP contribution in [0.2, 0.25) is 0 Å². The number of hydrogen-bond donors (Lipinski definition) is 6. The lowest BCUT2D eigenvalue weighted by Gasteiger charge is -2.68. The van der Waals surface area contributed by atoms with Crippen LogP contribution in [0.25, 0.3) is 0 Å². The van der Waals surface area contributed by atoms with Gasteiger partial charge in [-0.3, -0.25) is 19.2 Å². The van der Waals surface area contributed by atoms with Gasteiger partial charge < -0.3 is 64.0 Å². The number of esters is 4. The topological polar surface area (TPSA) is 280 Å². The van der Waals surface area contributed by atoms with Crippen LogP contribution in [-0.4, -0.2) is 147 Å². The van der Waals surface area contributed by atoms with Crippen molar-refractivity contribution in [2.45, 2.75) is 147 Å². The summed E-state index contributed by atoms with van der Waals surface area (Å²) in [6, 6.07) is 14.5. The molecule has 2 heterocycles. The molecule has 2 saturated carbocycles. The summed E-state index contributed by atoms with van der Waals surface area (Å²) < 4.78 is 43.0. The zero-order valence-corrected chi connectivity index (χ0v) is 39.7. The monoisotopic (exact) mass is 963 g/mol. The molecule has 69 heavy (non-hydrogen) atoms. The highest BCUT2D eigenvalue weighted by atomic mass is 16.7. The molecular formula is C50H61NO18. The highest BCUT2D eigenvalue weighted by molar-refractivity contribution is 5.96. The van der Waals surface area contributed by atoms with Gasteiger partial charge in [0, 0.05) is 37.7 Å². The molecule has 0 aromatic heterocycles. The van der Waals surface area contributed by atoms with Crippen molar-refractivity contribution in [1.29, 1.82) is 0 Å². The molecule has 2 saturated heterocycles. The number of carbonyl (C=O) groups excluding carboxylic acids is 6. The molecule has 3 aliphatic carbocycles. The molecule has 5 aliphatic rings. The van der Waals surface area contributed by atoms with Gasteiger partial charge in [-0.1, -0.05) is 68.5 Å². The molecule has 0 spiro atoms. The van der Waals surface area contributed by atoms with Gasteiger partial charge in [0.2, 0.25) is 5.91 Å². The van der Waals surface area contributed by atoms with E-state index < -0.39 is 150 Å². The maximum atomic E-state index is 16.2. The van der Waals surface area contributed by atoms with Crippen LogP contribution in [0, 0.1) is 16.7 Å². The summed E-state index contributed by atoms with van der Waals surface area (Å²) in [5, 5.41) is 60.6. The van der Waals surface area contributed by atoms with Gasteiger partial charge in [-0.2, -0.15) is 0 Å². The van der Waals surface area contributed by atoms with E-state index in [9.17, 15) is 49.5 Å². The average Bonchev–Trinajstić information content (AvgIpc) is 3.30. The molecule has 0 unspecified atom stereocenters. The minimum atomic E-state index is -2.50. The highest BCUT2D eigenvalue weighted by Gasteiger charge is 2.79. The van der Waals surface area contributed by atoms with E-state index in [1.54, 1.807) is 68.5 Å². The van der Waals surface area contributed by atoms with Crippen molar-refractivity contribution in [2.24, 2.45) is 16.7 Å². The van der Waals surface area contributed by atoms with Gasteiger partial charge >= 0.3 is 23.9 Å². The maximum absolute atomic E-state index is 16.2. The minimum Gasteiger partial charge on any atom is -0.456 e. The Bertz CT molecular complexity index is 2390. The van der Waals surface area contributed by atoms with Crippen molar-refractivity contribution in [1.82, 2.24) is 5.32 Å². The molecule has 4 fully saturated rings. The Morgan fingerprint density at radius 3 is 2.09 bits per heavy atom.